The first-order chi connectivity index (χ1) is 13.4. The molecule has 0 aliphatic carbocycles. The SMILES string of the molecule is CCN(C(=O)CCc1ccccc1)c1ccc(C(O)(C(F)(F)F)C(F)(F)F)cc1. The summed E-state index contributed by atoms with van der Waals surface area (Å²) in [6.45, 7) is 1.81. The predicted molar refractivity (Wildman–Crippen MR) is 95.2 cm³/mol. The summed E-state index contributed by atoms with van der Waals surface area (Å²) in [7, 11) is 0. The zero-order valence-electron chi connectivity index (χ0n) is 15.4. The van der Waals surface area contributed by atoms with Crippen molar-refractivity contribution in [3.8, 4) is 0 Å². The third-order valence-corrected chi connectivity index (χ3v) is 4.50. The lowest BCUT2D eigenvalue weighted by Crippen LogP contribution is -2.53. The molecule has 158 valence electrons. The van der Waals surface area contributed by atoms with Crippen molar-refractivity contribution in [2.75, 3.05) is 11.4 Å². The molecule has 0 heterocycles. The first-order valence-electron chi connectivity index (χ1n) is 8.72. The largest absolute Gasteiger partial charge is 0.430 e. The van der Waals surface area contributed by atoms with Crippen molar-refractivity contribution in [1.29, 1.82) is 0 Å². The second-order valence-electron chi connectivity index (χ2n) is 6.38. The van der Waals surface area contributed by atoms with Gasteiger partial charge in [0.15, 0.2) is 0 Å². The van der Waals surface area contributed by atoms with Crippen LogP contribution in [0.3, 0.4) is 0 Å². The standard InChI is InChI=1S/C20H19F6NO2/c1-2-27(17(28)13-8-14-6-4-3-5-7-14)16-11-9-15(10-12-16)18(29,19(21,22)23)20(24,25)26/h3-7,9-12,29H,2,8,13H2,1H3. The molecule has 2 rings (SSSR count). The highest BCUT2D eigenvalue weighted by Crippen LogP contribution is 2.50. The molecule has 3 nitrogen and oxygen atoms in total. The maximum Gasteiger partial charge on any atom is 0.430 e. The van der Waals surface area contributed by atoms with Gasteiger partial charge in [0.25, 0.3) is 5.60 Å². The normalized spacial score (nSPS) is 12.7. The van der Waals surface area contributed by atoms with Crippen molar-refractivity contribution in [3.05, 3.63) is 65.7 Å². The summed E-state index contributed by atoms with van der Waals surface area (Å²) >= 11 is 0. The zero-order chi connectivity index (χ0) is 21.9. The lowest BCUT2D eigenvalue weighted by molar-refractivity contribution is -0.376. The van der Waals surface area contributed by atoms with Gasteiger partial charge in [-0.2, -0.15) is 26.3 Å². The van der Waals surface area contributed by atoms with E-state index in [1.807, 2.05) is 30.3 Å². The van der Waals surface area contributed by atoms with Crippen molar-refractivity contribution < 1.29 is 36.2 Å². The molecule has 0 radical (unpaired) electrons. The van der Waals surface area contributed by atoms with Crippen LogP contribution in [0, 0.1) is 0 Å². The van der Waals surface area contributed by atoms with Crippen LogP contribution < -0.4 is 4.90 Å². The first-order valence-corrected chi connectivity index (χ1v) is 8.72. The third-order valence-electron chi connectivity index (χ3n) is 4.50. The molecule has 0 aromatic heterocycles. The Labute approximate surface area is 163 Å². The van der Waals surface area contributed by atoms with E-state index < -0.39 is 23.5 Å². The number of alkyl halides is 6. The van der Waals surface area contributed by atoms with Gasteiger partial charge in [0.05, 0.1) is 0 Å². The van der Waals surface area contributed by atoms with Gasteiger partial charge in [0, 0.05) is 24.2 Å². The van der Waals surface area contributed by atoms with Crippen molar-refractivity contribution in [3.63, 3.8) is 0 Å². The molecule has 2 aromatic rings. The van der Waals surface area contributed by atoms with Crippen molar-refractivity contribution in [2.45, 2.75) is 37.7 Å². The Morgan fingerprint density at radius 2 is 1.41 bits per heavy atom. The van der Waals surface area contributed by atoms with Crippen LogP contribution in [-0.2, 0) is 16.8 Å². The Bertz CT molecular complexity index is 802. The van der Waals surface area contributed by atoms with Gasteiger partial charge < -0.3 is 10.0 Å². The summed E-state index contributed by atoms with van der Waals surface area (Å²) in [5.41, 5.74) is -5.30. The number of anilines is 1. The van der Waals surface area contributed by atoms with Crippen LogP contribution in [0.4, 0.5) is 32.0 Å². The zero-order valence-corrected chi connectivity index (χ0v) is 15.4. The summed E-state index contributed by atoms with van der Waals surface area (Å²) in [5, 5.41) is 9.43. The van der Waals surface area contributed by atoms with E-state index in [0.29, 0.717) is 18.6 Å². The number of benzene rings is 2. The van der Waals surface area contributed by atoms with Crippen LogP contribution in [-0.4, -0.2) is 29.9 Å². The van der Waals surface area contributed by atoms with Gasteiger partial charge in [0.2, 0.25) is 5.91 Å². The number of hydrogen-bond donors (Lipinski definition) is 1. The molecular formula is C20H19F6NO2. The molecule has 1 amide bonds. The van der Waals surface area contributed by atoms with Crippen LogP contribution in [0.25, 0.3) is 0 Å². The fourth-order valence-electron chi connectivity index (χ4n) is 2.90. The van der Waals surface area contributed by atoms with Crippen LogP contribution in [0.1, 0.15) is 24.5 Å². The molecule has 0 fully saturated rings. The minimum absolute atomic E-state index is 0.120. The smallest absolute Gasteiger partial charge is 0.369 e. The molecular weight excluding hydrogens is 400 g/mol. The minimum atomic E-state index is -5.96. The number of hydrogen-bond acceptors (Lipinski definition) is 2. The molecule has 0 unspecified atom stereocenters. The first kappa shape index (κ1) is 22.7. The van der Waals surface area contributed by atoms with Gasteiger partial charge in [0.1, 0.15) is 0 Å². The second kappa shape index (κ2) is 8.44. The number of halogens is 6. The Morgan fingerprint density at radius 1 is 0.897 bits per heavy atom. The molecule has 1 N–H and O–H groups in total. The molecule has 0 aliphatic rings. The van der Waals surface area contributed by atoms with E-state index in [-0.39, 0.29) is 24.6 Å². The molecule has 0 atom stereocenters. The van der Waals surface area contributed by atoms with E-state index in [9.17, 15) is 36.2 Å². The van der Waals surface area contributed by atoms with Crippen molar-refractivity contribution in [2.24, 2.45) is 0 Å². The number of carbonyl (C=O) groups excluding carboxylic acids is 1. The van der Waals surface area contributed by atoms with Crippen LogP contribution in [0.15, 0.2) is 54.6 Å². The number of nitrogens with zero attached hydrogens (tertiary/aromatic N) is 1. The third kappa shape index (κ3) is 4.72. The van der Waals surface area contributed by atoms with Crippen LogP contribution in [0.5, 0.6) is 0 Å². The van der Waals surface area contributed by atoms with Gasteiger partial charge in [-0.3, -0.25) is 4.79 Å². The molecule has 0 saturated carbocycles. The van der Waals surface area contributed by atoms with Crippen molar-refractivity contribution in [1.82, 2.24) is 0 Å². The highest BCUT2D eigenvalue weighted by Gasteiger charge is 2.71. The summed E-state index contributed by atoms with van der Waals surface area (Å²) in [6, 6.07) is 12.1. The fraction of sp³-hybridized carbons (Fsp3) is 0.350. The van der Waals surface area contributed by atoms with Gasteiger partial charge >= 0.3 is 12.4 Å². The molecule has 9 heteroatoms. The number of carbonyl (C=O) groups is 1. The lowest BCUT2D eigenvalue weighted by atomic mass is 9.92. The quantitative estimate of drug-likeness (QED) is 0.671. The van der Waals surface area contributed by atoms with E-state index in [0.717, 1.165) is 17.7 Å². The molecule has 0 aliphatic heterocycles. The number of aryl methyl sites for hydroxylation is 1. The van der Waals surface area contributed by atoms with E-state index in [1.165, 1.54) is 4.90 Å². The van der Waals surface area contributed by atoms with E-state index in [4.69, 9.17) is 0 Å². The number of amides is 1. The highest BCUT2D eigenvalue weighted by molar-refractivity contribution is 5.93. The molecule has 0 spiro atoms. The topological polar surface area (TPSA) is 40.5 Å². The van der Waals surface area contributed by atoms with Gasteiger partial charge in [-0.15, -0.1) is 0 Å². The Kier molecular flexibility index (Phi) is 6.62. The molecule has 0 bridgehead atoms. The van der Waals surface area contributed by atoms with E-state index >= 15 is 0 Å². The summed E-state index contributed by atoms with van der Waals surface area (Å²) in [6.07, 6.45) is -11.4. The minimum Gasteiger partial charge on any atom is -0.369 e. The Hall–Kier alpha value is -2.55. The van der Waals surface area contributed by atoms with E-state index in [2.05, 4.69) is 0 Å². The van der Waals surface area contributed by atoms with E-state index in [1.54, 1.807) is 6.92 Å². The molecule has 29 heavy (non-hydrogen) atoms. The fourth-order valence-corrected chi connectivity index (χ4v) is 2.90. The Balaban J connectivity index is 2.23. The summed E-state index contributed by atoms with van der Waals surface area (Å²) in [5.74, 6) is -0.328. The van der Waals surface area contributed by atoms with Gasteiger partial charge in [-0.1, -0.05) is 42.5 Å². The summed E-state index contributed by atoms with van der Waals surface area (Å²) < 4.78 is 77.8. The van der Waals surface area contributed by atoms with Crippen LogP contribution in [0.2, 0.25) is 0 Å². The Morgan fingerprint density at radius 3 is 1.86 bits per heavy atom. The van der Waals surface area contributed by atoms with Crippen molar-refractivity contribution >= 4 is 11.6 Å². The lowest BCUT2D eigenvalue weighted by Gasteiger charge is -2.33. The molecule has 2 aromatic carbocycles. The highest BCUT2D eigenvalue weighted by atomic mass is 19.4. The average Bonchev–Trinajstić information content (AvgIpc) is 2.66. The number of aliphatic hydroxyl groups is 1. The second-order valence-corrected chi connectivity index (χ2v) is 6.38. The average molecular weight is 419 g/mol. The number of rotatable bonds is 6. The monoisotopic (exact) mass is 419 g/mol. The van der Waals surface area contributed by atoms with Crippen LogP contribution >= 0.6 is 0 Å². The molecule has 0 saturated heterocycles. The maximum atomic E-state index is 13.0. The van der Waals surface area contributed by atoms with Gasteiger partial charge in [-0.25, -0.2) is 0 Å². The van der Waals surface area contributed by atoms with Gasteiger partial charge in [-0.05, 0) is 31.0 Å². The maximum absolute atomic E-state index is 13.0. The predicted octanol–water partition coefficient (Wildman–Crippen LogP) is 4.98. The summed E-state index contributed by atoms with van der Waals surface area (Å²) in [4.78, 5) is 13.7.